The Kier molecular flexibility index (Phi) is 7.32. The highest BCUT2D eigenvalue weighted by molar-refractivity contribution is 5.94. The van der Waals surface area contributed by atoms with E-state index in [2.05, 4.69) is 24.4 Å². The largest absolute Gasteiger partial charge is 0.390 e. The first-order chi connectivity index (χ1) is 9.95. The van der Waals surface area contributed by atoms with Gasteiger partial charge in [-0.15, -0.1) is 0 Å². The number of carbonyl (C=O) groups is 1. The number of hydrazone groups is 1. The monoisotopic (exact) mass is 298 g/mol. The van der Waals surface area contributed by atoms with Crippen LogP contribution < -0.4 is 5.43 Å². The normalized spacial score (nSPS) is 30.8. The van der Waals surface area contributed by atoms with Crippen LogP contribution in [0.15, 0.2) is 5.10 Å². The zero-order chi connectivity index (χ0) is 15.9. The van der Waals surface area contributed by atoms with Gasteiger partial charge in [0.15, 0.2) is 0 Å². The molecule has 1 amide bonds. The molecule has 1 rings (SSSR count). The maximum atomic E-state index is 11.1. The van der Waals surface area contributed by atoms with Crippen LogP contribution in [0.5, 0.6) is 0 Å². The molecule has 0 aliphatic heterocycles. The van der Waals surface area contributed by atoms with Gasteiger partial charge in [-0.25, -0.2) is 5.43 Å². The molecule has 0 aromatic carbocycles. The lowest BCUT2D eigenvalue weighted by molar-refractivity contribution is -0.118. The minimum Gasteiger partial charge on any atom is -0.390 e. The SMILES string of the molecule is CCCC1CCC(CC)CC(O)(/C(CO)=N/NC(C)=O)C1. The average molecular weight is 298 g/mol. The van der Waals surface area contributed by atoms with E-state index in [4.69, 9.17) is 0 Å². The van der Waals surface area contributed by atoms with E-state index in [0.29, 0.717) is 30.4 Å². The molecular formula is C16H30N2O3. The molecule has 3 unspecified atom stereocenters. The molecule has 5 heteroatoms. The van der Waals surface area contributed by atoms with Gasteiger partial charge in [-0.05, 0) is 24.7 Å². The van der Waals surface area contributed by atoms with E-state index < -0.39 is 5.60 Å². The molecule has 1 aliphatic carbocycles. The quantitative estimate of drug-likeness (QED) is 0.399. The van der Waals surface area contributed by atoms with Crippen molar-refractivity contribution in [2.45, 2.75) is 71.3 Å². The van der Waals surface area contributed by atoms with Gasteiger partial charge in [-0.3, -0.25) is 4.79 Å². The van der Waals surface area contributed by atoms with Crippen molar-refractivity contribution in [3.63, 3.8) is 0 Å². The number of aliphatic hydroxyl groups excluding tert-OH is 1. The zero-order valence-electron chi connectivity index (χ0n) is 13.6. The van der Waals surface area contributed by atoms with Crippen LogP contribution in [0.2, 0.25) is 0 Å². The first kappa shape index (κ1) is 18.1. The molecular weight excluding hydrogens is 268 g/mol. The van der Waals surface area contributed by atoms with Crippen LogP contribution in [0.25, 0.3) is 0 Å². The molecule has 3 atom stereocenters. The molecule has 5 nitrogen and oxygen atoms in total. The Labute approximate surface area is 127 Å². The molecule has 1 saturated carbocycles. The molecule has 1 fully saturated rings. The van der Waals surface area contributed by atoms with Crippen molar-refractivity contribution in [3.8, 4) is 0 Å². The molecule has 0 spiro atoms. The summed E-state index contributed by atoms with van der Waals surface area (Å²) in [6, 6.07) is 0. The number of hydrogen-bond donors (Lipinski definition) is 3. The number of nitrogens with zero attached hydrogens (tertiary/aromatic N) is 1. The van der Waals surface area contributed by atoms with Crippen molar-refractivity contribution in [2.75, 3.05) is 6.61 Å². The zero-order valence-corrected chi connectivity index (χ0v) is 13.6. The summed E-state index contributed by atoms with van der Waals surface area (Å²) in [4.78, 5) is 11.0. The fourth-order valence-electron chi connectivity index (χ4n) is 3.39. The lowest BCUT2D eigenvalue weighted by Gasteiger charge is -2.31. The molecule has 0 radical (unpaired) electrons. The first-order valence-corrected chi connectivity index (χ1v) is 8.12. The number of rotatable bonds is 6. The summed E-state index contributed by atoms with van der Waals surface area (Å²) in [5.41, 5.74) is 1.54. The van der Waals surface area contributed by atoms with Crippen molar-refractivity contribution in [3.05, 3.63) is 0 Å². The second-order valence-electron chi connectivity index (χ2n) is 6.33. The smallest absolute Gasteiger partial charge is 0.236 e. The molecule has 122 valence electrons. The van der Waals surface area contributed by atoms with Gasteiger partial charge in [-0.2, -0.15) is 5.10 Å². The Balaban J connectivity index is 2.98. The molecule has 0 saturated heterocycles. The molecule has 0 heterocycles. The summed E-state index contributed by atoms with van der Waals surface area (Å²) >= 11 is 0. The topological polar surface area (TPSA) is 81.9 Å². The van der Waals surface area contributed by atoms with Gasteiger partial charge in [0, 0.05) is 6.92 Å². The highest BCUT2D eigenvalue weighted by Crippen LogP contribution is 2.38. The van der Waals surface area contributed by atoms with Gasteiger partial charge in [0.25, 0.3) is 0 Å². The van der Waals surface area contributed by atoms with E-state index in [9.17, 15) is 15.0 Å². The number of amides is 1. The van der Waals surface area contributed by atoms with Gasteiger partial charge in [-0.1, -0.05) is 46.0 Å². The third kappa shape index (κ3) is 5.40. The number of carbonyl (C=O) groups excluding carboxylic acids is 1. The Morgan fingerprint density at radius 2 is 1.90 bits per heavy atom. The van der Waals surface area contributed by atoms with E-state index >= 15 is 0 Å². The summed E-state index contributed by atoms with van der Waals surface area (Å²) in [5, 5.41) is 24.6. The van der Waals surface area contributed by atoms with Gasteiger partial charge in [0.05, 0.1) is 12.3 Å². The van der Waals surface area contributed by atoms with Crippen LogP contribution in [-0.2, 0) is 4.79 Å². The lowest BCUT2D eigenvalue weighted by Crippen LogP contribution is -2.44. The minimum absolute atomic E-state index is 0.291. The highest BCUT2D eigenvalue weighted by atomic mass is 16.3. The third-order valence-electron chi connectivity index (χ3n) is 4.55. The summed E-state index contributed by atoms with van der Waals surface area (Å²) in [5.74, 6) is 0.590. The standard InChI is InChI=1S/C16H30N2O3/c1-4-6-14-8-7-13(5-2)9-16(21,10-14)15(11-19)18-17-12(3)20/h13-14,19,21H,4-11H2,1-3H3,(H,17,20)/b18-15+. The molecule has 0 bridgehead atoms. The predicted molar refractivity (Wildman–Crippen MR) is 83.9 cm³/mol. The number of hydrogen-bond acceptors (Lipinski definition) is 4. The maximum Gasteiger partial charge on any atom is 0.236 e. The maximum absolute atomic E-state index is 11.1. The predicted octanol–water partition coefficient (Wildman–Crippen LogP) is 2.22. The second-order valence-corrected chi connectivity index (χ2v) is 6.33. The number of aliphatic hydroxyl groups is 2. The van der Waals surface area contributed by atoms with E-state index in [1.807, 2.05) is 0 Å². The third-order valence-corrected chi connectivity index (χ3v) is 4.55. The Hall–Kier alpha value is -0.940. The average Bonchev–Trinajstić information content (AvgIpc) is 2.59. The van der Waals surface area contributed by atoms with Gasteiger partial charge >= 0.3 is 0 Å². The van der Waals surface area contributed by atoms with Crippen molar-refractivity contribution in [1.29, 1.82) is 0 Å². The van der Waals surface area contributed by atoms with Crippen LogP contribution >= 0.6 is 0 Å². The second kappa shape index (κ2) is 8.49. The van der Waals surface area contributed by atoms with Crippen LogP contribution in [0, 0.1) is 11.8 Å². The van der Waals surface area contributed by atoms with E-state index in [-0.39, 0.29) is 12.5 Å². The first-order valence-electron chi connectivity index (χ1n) is 8.12. The fraction of sp³-hybridized carbons (Fsp3) is 0.875. The molecule has 21 heavy (non-hydrogen) atoms. The highest BCUT2D eigenvalue weighted by Gasteiger charge is 2.39. The van der Waals surface area contributed by atoms with Crippen molar-refractivity contribution >= 4 is 11.6 Å². The van der Waals surface area contributed by atoms with Gasteiger partial charge < -0.3 is 10.2 Å². The Morgan fingerprint density at radius 3 is 2.43 bits per heavy atom. The van der Waals surface area contributed by atoms with Crippen molar-refractivity contribution in [2.24, 2.45) is 16.9 Å². The van der Waals surface area contributed by atoms with Gasteiger partial charge in [0.2, 0.25) is 5.91 Å². The number of nitrogens with one attached hydrogen (secondary N) is 1. The Bertz CT molecular complexity index is 371. The van der Waals surface area contributed by atoms with Crippen molar-refractivity contribution < 1.29 is 15.0 Å². The molecule has 3 N–H and O–H groups in total. The lowest BCUT2D eigenvalue weighted by atomic mass is 9.81. The summed E-state index contributed by atoms with van der Waals surface area (Å²) in [6.07, 6.45) is 6.65. The summed E-state index contributed by atoms with van der Waals surface area (Å²) in [6.45, 7) is 5.32. The molecule has 1 aliphatic rings. The van der Waals surface area contributed by atoms with Gasteiger partial charge in [0.1, 0.15) is 5.60 Å². The Morgan fingerprint density at radius 1 is 1.29 bits per heavy atom. The van der Waals surface area contributed by atoms with Crippen LogP contribution in [0.3, 0.4) is 0 Å². The van der Waals surface area contributed by atoms with E-state index in [1.165, 1.54) is 6.92 Å². The van der Waals surface area contributed by atoms with E-state index in [1.54, 1.807) is 0 Å². The molecule has 0 aromatic heterocycles. The van der Waals surface area contributed by atoms with Crippen molar-refractivity contribution in [1.82, 2.24) is 5.43 Å². The van der Waals surface area contributed by atoms with Crippen LogP contribution in [0.4, 0.5) is 0 Å². The minimum atomic E-state index is -1.10. The van der Waals surface area contributed by atoms with E-state index in [0.717, 1.165) is 32.1 Å². The fourth-order valence-corrected chi connectivity index (χ4v) is 3.39. The van der Waals surface area contributed by atoms with Crippen LogP contribution in [0.1, 0.15) is 65.7 Å². The summed E-state index contributed by atoms with van der Waals surface area (Å²) in [7, 11) is 0. The summed E-state index contributed by atoms with van der Waals surface area (Å²) < 4.78 is 0. The molecule has 0 aromatic rings. The van der Waals surface area contributed by atoms with Crippen LogP contribution in [-0.4, -0.2) is 34.0 Å².